The minimum Gasteiger partial charge on any atom is -0.493 e. The number of halogens is 2. The van der Waals surface area contributed by atoms with Crippen molar-refractivity contribution in [1.29, 1.82) is 0 Å². The number of nitrogens with one attached hydrogen (secondary N) is 1. The smallest absolute Gasteiger partial charge is 0.254 e. The Bertz CT molecular complexity index is 1330. The Labute approximate surface area is 238 Å². The van der Waals surface area contributed by atoms with Crippen molar-refractivity contribution in [3.8, 4) is 11.5 Å². The van der Waals surface area contributed by atoms with E-state index in [0.717, 1.165) is 60.2 Å². The van der Waals surface area contributed by atoms with Gasteiger partial charge in [0.1, 0.15) is 11.6 Å². The highest BCUT2D eigenvalue weighted by atomic mass is 35.5. The predicted molar refractivity (Wildman–Crippen MR) is 156 cm³/mol. The topological polar surface area (TPSA) is 59.9 Å². The van der Waals surface area contributed by atoms with Crippen LogP contribution in [0.15, 0.2) is 41.4 Å². The summed E-state index contributed by atoms with van der Waals surface area (Å²) in [6.45, 7) is 0.267. The Balaban J connectivity index is 1.38. The Morgan fingerprint density at radius 1 is 1.08 bits per heavy atom. The van der Waals surface area contributed by atoms with Gasteiger partial charge in [0.15, 0.2) is 11.5 Å². The molecule has 0 radical (unpaired) electrons. The van der Waals surface area contributed by atoms with Gasteiger partial charge in [0.05, 0.1) is 17.7 Å². The van der Waals surface area contributed by atoms with Crippen LogP contribution in [-0.4, -0.2) is 25.3 Å². The van der Waals surface area contributed by atoms with Crippen molar-refractivity contribution < 1.29 is 14.3 Å². The van der Waals surface area contributed by atoms with Crippen molar-refractivity contribution in [2.24, 2.45) is 4.99 Å². The molecule has 2 aliphatic carbocycles. The second-order valence-corrected chi connectivity index (χ2v) is 11.8. The highest BCUT2D eigenvalue weighted by Crippen LogP contribution is 2.41. The lowest BCUT2D eigenvalue weighted by molar-refractivity contribution is 0.0927. The van der Waals surface area contributed by atoms with Gasteiger partial charge in [-0.3, -0.25) is 4.79 Å². The summed E-state index contributed by atoms with van der Waals surface area (Å²) in [5.74, 6) is 0.972. The first-order valence-corrected chi connectivity index (χ1v) is 14.8. The number of aryl methyl sites for hydroxylation is 1. The third kappa shape index (κ3) is 6.19. The van der Waals surface area contributed by atoms with Crippen LogP contribution in [0.3, 0.4) is 0 Å². The third-order valence-electron chi connectivity index (χ3n) is 7.23. The summed E-state index contributed by atoms with van der Waals surface area (Å²) in [7, 11) is 1.58. The molecule has 0 atom stereocenters. The Kier molecular flexibility index (Phi) is 8.93. The predicted octanol–water partition coefficient (Wildman–Crippen LogP) is 8.33. The second-order valence-electron chi connectivity index (χ2n) is 9.87. The molecular weight excluding hydrogens is 539 g/mol. The fraction of sp³-hybridized carbons (Fsp3) is 0.400. The zero-order valence-corrected chi connectivity index (χ0v) is 23.9. The SMILES string of the molecule is COc1cc(C=Nc2sc3c(c2C(=O)NC2CCCCC2)CCCC3)cc(Cl)c1OCc1ccccc1Cl. The maximum absolute atomic E-state index is 13.4. The van der Waals surface area contributed by atoms with Gasteiger partial charge >= 0.3 is 0 Å². The molecule has 1 amide bonds. The average molecular weight is 572 g/mol. The third-order valence-corrected chi connectivity index (χ3v) is 9.08. The van der Waals surface area contributed by atoms with E-state index < -0.39 is 0 Å². The van der Waals surface area contributed by atoms with E-state index in [9.17, 15) is 4.79 Å². The molecule has 2 aliphatic rings. The molecule has 3 aromatic rings. The van der Waals surface area contributed by atoms with Crippen molar-refractivity contribution in [2.45, 2.75) is 70.4 Å². The molecule has 200 valence electrons. The number of hydrogen-bond acceptors (Lipinski definition) is 5. The molecule has 0 saturated heterocycles. The van der Waals surface area contributed by atoms with E-state index in [1.54, 1.807) is 30.7 Å². The molecule has 1 N–H and O–H groups in total. The summed E-state index contributed by atoms with van der Waals surface area (Å²) in [5.41, 5.74) is 3.56. The lowest BCUT2D eigenvalue weighted by Crippen LogP contribution is -2.36. The largest absolute Gasteiger partial charge is 0.493 e. The van der Waals surface area contributed by atoms with Gasteiger partial charge in [-0.05, 0) is 67.9 Å². The molecule has 1 heterocycles. The van der Waals surface area contributed by atoms with Gasteiger partial charge in [0, 0.05) is 27.7 Å². The fourth-order valence-corrected chi connectivity index (χ4v) is 6.93. The van der Waals surface area contributed by atoms with Crippen LogP contribution in [0.1, 0.15) is 76.9 Å². The highest BCUT2D eigenvalue weighted by Gasteiger charge is 2.27. The van der Waals surface area contributed by atoms with Gasteiger partial charge in [-0.25, -0.2) is 4.99 Å². The number of amides is 1. The summed E-state index contributed by atoms with van der Waals surface area (Å²) < 4.78 is 11.6. The van der Waals surface area contributed by atoms with E-state index in [2.05, 4.69) is 5.32 Å². The van der Waals surface area contributed by atoms with Crippen LogP contribution in [0.4, 0.5) is 5.00 Å². The second kappa shape index (κ2) is 12.5. The van der Waals surface area contributed by atoms with Gasteiger partial charge in [-0.2, -0.15) is 0 Å². The molecule has 5 nitrogen and oxygen atoms in total. The van der Waals surface area contributed by atoms with Gasteiger partial charge in [-0.15, -0.1) is 11.3 Å². The molecular formula is C30H32Cl2N2O3S. The highest BCUT2D eigenvalue weighted by molar-refractivity contribution is 7.16. The molecule has 1 aromatic heterocycles. The van der Waals surface area contributed by atoms with E-state index in [0.29, 0.717) is 21.5 Å². The molecule has 0 bridgehead atoms. The number of hydrogen-bond donors (Lipinski definition) is 1. The lowest BCUT2D eigenvalue weighted by Gasteiger charge is -2.23. The van der Waals surface area contributed by atoms with Crippen LogP contribution in [-0.2, 0) is 19.4 Å². The number of methoxy groups -OCH3 is 1. The van der Waals surface area contributed by atoms with E-state index in [1.807, 2.05) is 30.3 Å². The molecule has 0 aliphatic heterocycles. The fourth-order valence-electron chi connectivity index (χ4n) is 5.23. The first-order chi connectivity index (χ1) is 18.5. The summed E-state index contributed by atoms with van der Waals surface area (Å²) in [6, 6.07) is 11.4. The summed E-state index contributed by atoms with van der Waals surface area (Å²) >= 11 is 14.5. The minimum atomic E-state index is 0.0161. The number of fused-ring (bicyclic) bond motifs is 1. The molecule has 38 heavy (non-hydrogen) atoms. The van der Waals surface area contributed by atoms with Gasteiger partial charge in [0.2, 0.25) is 0 Å². The normalized spacial score (nSPS) is 15.9. The number of rotatable bonds is 8. The Morgan fingerprint density at radius 3 is 2.66 bits per heavy atom. The number of aliphatic imine (C=N–C) groups is 1. The van der Waals surface area contributed by atoms with Crippen molar-refractivity contribution in [3.63, 3.8) is 0 Å². The van der Waals surface area contributed by atoms with Gasteiger partial charge < -0.3 is 14.8 Å². The minimum absolute atomic E-state index is 0.0161. The van der Waals surface area contributed by atoms with E-state index in [4.69, 9.17) is 37.7 Å². The average Bonchev–Trinajstić information content (AvgIpc) is 3.31. The zero-order valence-electron chi connectivity index (χ0n) is 21.5. The van der Waals surface area contributed by atoms with Crippen LogP contribution < -0.4 is 14.8 Å². The summed E-state index contributed by atoms with van der Waals surface area (Å²) in [5, 5.41) is 5.11. The molecule has 8 heteroatoms. The van der Waals surface area contributed by atoms with Crippen LogP contribution in [0.5, 0.6) is 11.5 Å². The van der Waals surface area contributed by atoms with Crippen molar-refractivity contribution in [1.82, 2.24) is 5.32 Å². The van der Waals surface area contributed by atoms with Crippen molar-refractivity contribution in [2.75, 3.05) is 7.11 Å². The van der Waals surface area contributed by atoms with Crippen molar-refractivity contribution in [3.05, 3.63) is 73.6 Å². The molecule has 1 fully saturated rings. The standard InChI is InChI=1S/C30H32Cl2N2O3S/c1-36-25-16-19(15-24(32)28(25)37-18-20-9-5-7-13-23(20)31)17-33-30-27(22-12-6-8-14-26(22)38-30)29(35)34-21-10-3-2-4-11-21/h5,7,9,13,15-17,21H,2-4,6,8,10-12,14,18H2,1H3,(H,34,35). The van der Waals surface area contributed by atoms with Crippen molar-refractivity contribution >= 4 is 51.7 Å². The zero-order chi connectivity index (χ0) is 26.5. The molecule has 2 aromatic carbocycles. The summed E-state index contributed by atoms with van der Waals surface area (Å²) in [6.07, 6.45) is 11.7. The lowest BCUT2D eigenvalue weighted by atomic mass is 9.93. The quantitative estimate of drug-likeness (QED) is 0.277. The molecule has 1 saturated carbocycles. The van der Waals surface area contributed by atoms with E-state index in [1.165, 1.54) is 29.7 Å². The maximum Gasteiger partial charge on any atom is 0.254 e. The number of nitrogens with zero attached hydrogens (tertiary/aromatic N) is 1. The number of ether oxygens (including phenoxy) is 2. The Morgan fingerprint density at radius 2 is 1.87 bits per heavy atom. The maximum atomic E-state index is 13.4. The summed E-state index contributed by atoms with van der Waals surface area (Å²) in [4.78, 5) is 19.5. The molecule has 0 spiro atoms. The number of carbonyl (C=O) groups excluding carboxylic acids is 1. The van der Waals surface area contributed by atoms with E-state index >= 15 is 0 Å². The van der Waals surface area contributed by atoms with E-state index in [-0.39, 0.29) is 18.6 Å². The number of benzene rings is 2. The van der Waals surface area contributed by atoms with Crippen LogP contribution in [0.25, 0.3) is 0 Å². The van der Waals surface area contributed by atoms with Gasteiger partial charge in [-0.1, -0.05) is 60.7 Å². The number of carbonyl (C=O) groups is 1. The molecule has 0 unspecified atom stereocenters. The van der Waals surface area contributed by atoms with Crippen LogP contribution in [0, 0.1) is 0 Å². The number of thiophene rings is 1. The van der Waals surface area contributed by atoms with Gasteiger partial charge in [0.25, 0.3) is 5.91 Å². The Hall–Kier alpha value is -2.54. The van der Waals surface area contributed by atoms with Crippen LogP contribution in [0.2, 0.25) is 10.0 Å². The first-order valence-electron chi connectivity index (χ1n) is 13.3. The first kappa shape index (κ1) is 27.0. The monoisotopic (exact) mass is 570 g/mol. The molecule has 5 rings (SSSR count). The van der Waals surface area contributed by atoms with Crippen LogP contribution >= 0.6 is 34.5 Å².